The van der Waals surface area contributed by atoms with Crippen LogP contribution in [0.15, 0.2) is 0 Å². The zero-order chi connectivity index (χ0) is 8.41. The van der Waals surface area contributed by atoms with Crippen molar-refractivity contribution in [2.24, 2.45) is 0 Å². The summed E-state index contributed by atoms with van der Waals surface area (Å²) in [5.41, 5.74) is -5.31. The van der Waals surface area contributed by atoms with Gasteiger partial charge in [-0.3, -0.25) is 4.18 Å². The molecule has 0 spiro atoms. The second-order valence-corrected chi connectivity index (χ2v) is 3.36. The van der Waals surface area contributed by atoms with Crippen molar-refractivity contribution in [3.8, 4) is 0 Å². The summed E-state index contributed by atoms with van der Waals surface area (Å²) >= 11 is 1.35. The van der Waals surface area contributed by atoms with Gasteiger partial charge in [-0.2, -0.15) is 21.6 Å². The molecule has 3 nitrogen and oxygen atoms in total. The van der Waals surface area contributed by atoms with Crippen LogP contribution < -0.4 is 0 Å². The summed E-state index contributed by atoms with van der Waals surface area (Å²) in [5.74, 6) is 0. The van der Waals surface area contributed by atoms with E-state index < -0.39 is 20.2 Å². The molecule has 62 valence electrons. The van der Waals surface area contributed by atoms with Gasteiger partial charge in [-0.25, -0.2) is 0 Å². The average Bonchev–Trinajstić information content (AvgIpc) is 1.61. The summed E-state index contributed by atoms with van der Waals surface area (Å²) in [5, 5.41) is 0. The fourth-order valence-electron chi connectivity index (χ4n) is 0.125. The van der Waals surface area contributed by atoms with E-state index in [0.717, 1.165) is 0 Å². The number of rotatable bonds is 2. The zero-order valence-electron chi connectivity index (χ0n) is 4.35. The molecule has 0 aromatic carbocycles. The molecule has 0 radical (unpaired) electrons. The molecule has 0 aromatic rings. The minimum Gasteiger partial charge on any atom is -0.253 e. The van der Waals surface area contributed by atoms with Crippen LogP contribution in [0, 0.1) is 0 Å². The molecule has 0 unspecified atom stereocenters. The molecule has 0 N–H and O–H groups in total. The van der Waals surface area contributed by atoms with Gasteiger partial charge in [0.05, 0.1) is 0 Å². The van der Waals surface area contributed by atoms with Crippen molar-refractivity contribution >= 4 is 32.7 Å². The molecule has 0 rings (SSSR count). The van der Waals surface area contributed by atoms with E-state index in [4.69, 9.17) is 0 Å². The maximum atomic E-state index is 11.3. The topological polar surface area (TPSA) is 43.4 Å². The van der Waals surface area contributed by atoms with E-state index in [1.54, 1.807) is 0 Å². The number of hydrogen-bond donors (Lipinski definition) is 0. The largest absolute Gasteiger partial charge is 0.523 e. The lowest BCUT2D eigenvalue weighted by Crippen LogP contribution is -2.24. The quantitative estimate of drug-likeness (QED) is 0.333. The van der Waals surface area contributed by atoms with Gasteiger partial charge in [0.25, 0.3) is 0 Å². The summed E-state index contributed by atoms with van der Waals surface area (Å²) in [6.07, 6.45) is 0. The van der Waals surface area contributed by atoms with Crippen molar-refractivity contribution < 1.29 is 25.8 Å². The number of hydrogen-bond acceptors (Lipinski definition) is 3. The molecule has 0 amide bonds. The Morgan fingerprint density at radius 3 is 1.90 bits per heavy atom. The zero-order valence-corrected chi connectivity index (χ0v) is 7.33. The van der Waals surface area contributed by atoms with Gasteiger partial charge >= 0.3 is 15.6 Å². The Balaban J connectivity index is 4.44. The highest BCUT2D eigenvalue weighted by Gasteiger charge is 2.47. The van der Waals surface area contributed by atoms with Crippen molar-refractivity contribution in [2.45, 2.75) is 5.51 Å². The van der Waals surface area contributed by atoms with Gasteiger partial charge in [-0.1, -0.05) is 22.6 Å². The minimum atomic E-state index is -5.36. The summed E-state index contributed by atoms with van der Waals surface area (Å²) in [6.45, 7) is 0. The summed E-state index contributed by atoms with van der Waals surface area (Å²) in [4.78, 5) is 0. The molecule has 0 aromatic heterocycles. The molecular formula is C2H2F3IO3S. The third-order valence-corrected chi connectivity index (χ3v) is 2.21. The molecule has 0 saturated carbocycles. The van der Waals surface area contributed by atoms with Crippen LogP contribution >= 0.6 is 22.6 Å². The van der Waals surface area contributed by atoms with Crippen molar-refractivity contribution in [3.63, 3.8) is 0 Å². The third-order valence-electron chi connectivity index (χ3n) is 0.483. The Kier molecular flexibility index (Phi) is 3.36. The maximum absolute atomic E-state index is 11.3. The van der Waals surface area contributed by atoms with Crippen LogP contribution in [0.4, 0.5) is 13.2 Å². The first-order valence-electron chi connectivity index (χ1n) is 1.83. The smallest absolute Gasteiger partial charge is 0.253 e. The average molecular weight is 290 g/mol. The number of alkyl halides is 4. The van der Waals surface area contributed by atoms with Gasteiger partial charge in [0.2, 0.25) is 0 Å². The lowest BCUT2D eigenvalue weighted by atomic mass is 11.6. The molecule has 0 heterocycles. The Bertz CT molecular complexity index is 194. The molecule has 0 aliphatic rings. The van der Waals surface area contributed by atoms with Crippen molar-refractivity contribution in [2.75, 3.05) is 4.61 Å². The van der Waals surface area contributed by atoms with Crippen LogP contribution in [-0.4, -0.2) is 18.5 Å². The molecule has 0 fully saturated rings. The Labute approximate surface area is 68.8 Å². The highest BCUT2D eigenvalue weighted by atomic mass is 127. The van der Waals surface area contributed by atoms with Gasteiger partial charge < -0.3 is 0 Å². The summed E-state index contributed by atoms with van der Waals surface area (Å²) in [6, 6.07) is 0. The second-order valence-electron chi connectivity index (χ2n) is 1.13. The Hall–Kier alpha value is 0.430. The molecule has 10 heavy (non-hydrogen) atoms. The van der Waals surface area contributed by atoms with Gasteiger partial charge in [-0.05, 0) is 0 Å². The minimum absolute atomic E-state index is 0.542. The van der Waals surface area contributed by atoms with Gasteiger partial charge in [-0.15, -0.1) is 0 Å². The van der Waals surface area contributed by atoms with Crippen LogP contribution in [0.1, 0.15) is 0 Å². The predicted octanol–water partition coefficient (Wildman–Crippen LogP) is 1.25. The van der Waals surface area contributed by atoms with Crippen molar-refractivity contribution in [3.05, 3.63) is 0 Å². The fourth-order valence-corrected chi connectivity index (χ4v) is 1.38. The van der Waals surface area contributed by atoms with Crippen LogP contribution in [0.2, 0.25) is 0 Å². The van der Waals surface area contributed by atoms with E-state index in [1.165, 1.54) is 22.6 Å². The summed E-state index contributed by atoms with van der Waals surface area (Å²) in [7, 11) is -5.36. The van der Waals surface area contributed by atoms with E-state index >= 15 is 0 Å². The van der Waals surface area contributed by atoms with Crippen LogP contribution in [0.3, 0.4) is 0 Å². The highest BCUT2D eigenvalue weighted by Crippen LogP contribution is 2.24. The maximum Gasteiger partial charge on any atom is 0.523 e. The first kappa shape index (κ1) is 10.4. The van der Waals surface area contributed by atoms with Crippen molar-refractivity contribution in [1.29, 1.82) is 0 Å². The first-order valence-corrected chi connectivity index (χ1v) is 4.76. The SMILES string of the molecule is O=S(=O)(OCI)C(F)(F)F. The highest BCUT2D eigenvalue weighted by molar-refractivity contribution is 14.1. The monoisotopic (exact) mass is 290 g/mol. The molecule has 0 aliphatic carbocycles. The molecule has 8 heteroatoms. The fraction of sp³-hybridized carbons (Fsp3) is 1.00. The molecule has 0 saturated heterocycles. The lowest BCUT2D eigenvalue weighted by molar-refractivity contribution is -0.0528. The van der Waals surface area contributed by atoms with Gasteiger partial charge in [0, 0.05) is 0 Å². The normalized spacial score (nSPS) is 13.6. The predicted molar refractivity (Wildman–Crippen MR) is 34.9 cm³/mol. The van der Waals surface area contributed by atoms with E-state index in [0.29, 0.717) is 0 Å². The Morgan fingerprint density at radius 2 is 1.80 bits per heavy atom. The standard InChI is InChI=1S/C2H2F3IO3S/c3-2(4,5)10(7,8)9-1-6/h1H2. The Morgan fingerprint density at radius 1 is 1.40 bits per heavy atom. The van der Waals surface area contributed by atoms with Crippen LogP contribution in [-0.2, 0) is 14.3 Å². The molecule has 0 aliphatic heterocycles. The third kappa shape index (κ3) is 2.58. The van der Waals surface area contributed by atoms with E-state index in [-0.39, 0.29) is 0 Å². The van der Waals surface area contributed by atoms with E-state index in [9.17, 15) is 21.6 Å². The molecular weight excluding hydrogens is 288 g/mol. The molecule has 0 atom stereocenters. The number of halogens is 4. The second kappa shape index (κ2) is 3.22. The van der Waals surface area contributed by atoms with Gasteiger partial charge in [0.15, 0.2) is 0 Å². The van der Waals surface area contributed by atoms with Crippen molar-refractivity contribution in [1.82, 2.24) is 0 Å². The molecule has 0 bridgehead atoms. The van der Waals surface area contributed by atoms with E-state index in [1.807, 2.05) is 0 Å². The van der Waals surface area contributed by atoms with E-state index in [2.05, 4.69) is 4.18 Å². The van der Waals surface area contributed by atoms with Gasteiger partial charge in [0.1, 0.15) is 4.61 Å². The van der Waals surface area contributed by atoms with Crippen LogP contribution in [0.25, 0.3) is 0 Å². The summed E-state index contributed by atoms with van der Waals surface area (Å²) < 4.78 is 56.6. The van der Waals surface area contributed by atoms with Crippen LogP contribution in [0.5, 0.6) is 0 Å². The lowest BCUT2D eigenvalue weighted by Gasteiger charge is -2.04. The first-order chi connectivity index (χ1) is 4.31.